The number of rotatable bonds is 5. The molecule has 0 aliphatic rings. The highest BCUT2D eigenvalue weighted by atomic mass is 16.2. The van der Waals surface area contributed by atoms with Gasteiger partial charge >= 0.3 is 0 Å². The van der Waals surface area contributed by atoms with Crippen molar-refractivity contribution in [3.63, 3.8) is 0 Å². The number of nitrogens with zero attached hydrogens (tertiary/aromatic N) is 1. The van der Waals surface area contributed by atoms with E-state index in [1.807, 2.05) is 20.9 Å². The average molecular weight is 215 g/mol. The van der Waals surface area contributed by atoms with Crippen LogP contribution in [0.5, 0.6) is 0 Å². The number of carbonyl (C=O) groups excluding carboxylic acids is 1. The van der Waals surface area contributed by atoms with Crippen LogP contribution in [0.15, 0.2) is 0 Å². The number of hydrogen-bond acceptors (Lipinski definition) is 3. The molecule has 4 nitrogen and oxygen atoms in total. The van der Waals surface area contributed by atoms with Gasteiger partial charge in [0.05, 0.1) is 6.04 Å². The summed E-state index contributed by atoms with van der Waals surface area (Å²) in [4.78, 5) is 13.7. The van der Waals surface area contributed by atoms with E-state index in [-0.39, 0.29) is 17.9 Å². The van der Waals surface area contributed by atoms with E-state index in [4.69, 9.17) is 5.84 Å². The second-order valence-corrected chi connectivity index (χ2v) is 4.85. The van der Waals surface area contributed by atoms with Gasteiger partial charge in [-0.1, -0.05) is 27.7 Å². The molecule has 2 atom stereocenters. The van der Waals surface area contributed by atoms with E-state index in [1.54, 1.807) is 0 Å². The molecule has 0 radical (unpaired) electrons. The van der Waals surface area contributed by atoms with Crippen LogP contribution in [0.4, 0.5) is 0 Å². The first kappa shape index (κ1) is 14.4. The summed E-state index contributed by atoms with van der Waals surface area (Å²) in [5.41, 5.74) is 2.24. The molecule has 0 heterocycles. The lowest BCUT2D eigenvalue weighted by molar-refractivity contribution is -0.128. The highest BCUT2D eigenvalue weighted by Gasteiger charge is 2.29. The number of carbonyl (C=O) groups is 1. The van der Waals surface area contributed by atoms with Crippen LogP contribution in [0.2, 0.25) is 0 Å². The van der Waals surface area contributed by atoms with Crippen molar-refractivity contribution in [3.8, 4) is 0 Å². The Balaban J connectivity index is 4.70. The molecule has 0 aromatic heterocycles. The molecular weight excluding hydrogens is 190 g/mol. The standard InChI is InChI=1S/C11H25N3O/c1-7(2)9(5)14(6)10(8(3)4)11(15)13-12/h7-10H,12H2,1-6H3,(H,13,15). The van der Waals surface area contributed by atoms with Crippen molar-refractivity contribution in [2.24, 2.45) is 17.7 Å². The smallest absolute Gasteiger partial charge is 0.251 e. The van der Waals surface area contributed by atoms with Crippen molar-refractivity contribution in [2.45, 2.75) is 46.7 Å². The number of amides is 1. The summed E-state index contributed by atoms with van der Waals surface area (Å²) in [6, 6.07) is 0.196. The summed E-state index contributed by atoms with van der Waals surface area (Å²) in [6.45, 7) is 10.5. The first-order valence-electron chi connectivity index (χ1n) is 5.55. The summed E-state index contributed by atoms with van der Waals surface area (Å²) in [5.74, 6) is 5.85. The minimum Gasteiger partial charge on any atom is -0.293 e. The second kappa shape index (κ2) is 6.08. The van der Waals surface area contributed by atoms with E-state index in [0.29, 0.717) is 12.0 Å². The fourth-order valence-electron chi connectivity index (χ4n) is 1.77. The Kier molecular flexibility index (Phi) is 5.83. The van der Waals surface area contributed by atoms with Crippen LogP contribution in [0.25, 0.3) is 0 Å². The molecule has 90 valence electrons. The third-order valence-electron chi connectivity index (χ3n) is 3.09. The molecule has 0 aromatic rings. The van der Waals surface area contributed by atoms with Crippen LogP contribution in [0.3, 0.4) is 0 Å². The lowest BCUT2D eigenvalue weighted by Crippen LogP contribution is -2.53. The molecule has 3 N–H and O–H groups in total. The predicted molar refractivity (Wildman–Crippen MR) is 63.0 cm³/mol. The second-order valence-electron chi connectivity index (χ2n) is 4.85. The molecule has 0 saturated heterocycles. The zero-order valence-electron chi connectivity index (χ0n) is 10.7. The van der Waals surface area contributed by atoms with Crippen LogP contribution in [0.1, 0.15) is 34.6 Å². The van der Waals surface area contributed by atoms with Gasteiger partial charge in [0.1, 0.15) is 0 Å². The number of hydrogen-bond donors (Lipinski definition) is 2. The molecule has 0 bridgehead atoms. The Bertz CT molecular complexity index is 204. The van der Waals surface area contributed by atoms with Gasteiger partial charge < -0.3 is 0 Å². The van der Waals surface area contributed by atoms with Crippen molar-refractivity contribution in [3.05, 3.63) is 0 Å². The number of nitrogens with one attached hydrogen (secondary N) is 1. The molecule has 0 rings (SSSR count). The van der Waals surface area contributed by atoms with Gasteiger partial charge in [-0.3, -0.25) is 15.1 Å². The highest BCUT2D eigenvalue weighted by molar-refractivity contribution is 5.81. The van der Waals surface area contributed by atoms with Gasteiger partial charge in [-0.15, -0.1) is 0 Å². The average Bonchev–Trinajstić information content (AvgIpc) is 2.15. The van der Waals surface area contributed by atoms with Gasteiger partial charge in [0.15, 0.2) is 0 Å². The Labute approximate surface area is 93.2 Å². The molecule has 2 unspecified atom stereocenters. The monoisotopic (exact) mass is 215 g/mol. The minimum atomic E-state index is -0.160. The predicted octanol–water partition coefficient (Wildman–Crippen LogP) is 0.977. The highest BCUT2D eigenvalue weighted by Crippen LogP contribution is 2.16. The van der Waals surface area contributed by atoms with Gasteiger partial charge in [0, 0.05) is 6.04 Å². The van der Waals surface area contributed by atoms with E-state index in [2.05, 4.69) is 31.1 Å². The molecule has 0 saturated carbocycles. The Morgan fingerprint density at radius 1 is 1.13 bits per heavy atom. The third-order valence-corrected chi connectivity index (χ3v) is 3.09. The SMILES string of the molecule is CC(C)C(C)N(C)C(C(=O)NN)C(C)C. The lowest BCUT2D eigenvalue weighted by Gasteiger charge is -2.36. The van der Waals surface area contributed by atoms with E-state index in [9.17, 15) is 4.79 Å². The largest absolute Gasteiger partial charge is 0.293 e. The summed E-state index contributed by atoms with van der Waals surface area (Å²) in [7, 11) is 1.98. The molecule has 0 spiro atoms. The lowest BCUT2D eigenvalue weighted by atomic mass is 9.97. The van der Waals surface area contributed by atoms with Crippen molar-refractivity contribution >= 4 is 5.91 Å². The Morgan fingerprint density at radius 3 is 1.87 bits per heavy atom. The summed E-state index contributed by atoms with van der Waals surface area (Å²) >= 11 is 0. The topological polar surface area (TPSA) is 58.4 Å². The molecule has 15 heavy (non-hydrogen) atoms. The third kappa shape index (κ3) is 3.80. The van der Waals surface area contributed by atoms with Crippen LogP contribution >= 0.6 is 0 Å². The van der Waals surface area contributed by atoms with Crippen molar-refractivity contribution in [1.82, 2.24) is 10.3 Å². The van der Waals surface area contributed by atoms with Crippen LogP contribution in [-0.2, 0) is 4.79 Å². The normalized spacial score (nSPS) is 15.9. The zero-order chi connectivity index (χ0) is 12.2. The maximum atomic E-state index is 11.6. The fourth-order valence-corrected chi connectivity index (χ4v) is 1.77. The quantitative estimate of drug-likeness (QED) is 0.408. The summed E-state index contributed by atoms with van der Waals surface area (Å²) in [5, 5.41) is 0. The summed E-state index contributed by atoms with van der Waals surface area (Å²) < 4.78 is 0. The van der Waals surface area contributed by atoms with Gasteiger partial charge in [0.25, 0.3) is 5.91 Å². The molecule has 0 aliphatic carbocycles. The first-order valence-corrected chi connectivity index (χ1v) is 5.55. The molecule has 4 heteroatoms. The Morgan fingerprint density at radius 2 is 1.60 bits per heavy atom. The van der Waals surface area contributed by atoms with Gasteiger partial charge in [-0.05, 0) is 25.8 Å². The van der Waals surface area contributed by atoms with Crippen molar-refractivity contribution in [2.75, 3.05) is 7.05 Å². The van der Waals surface area contributed by atoms with Crippen LogP contribution < -0.4 is 11.3 Å². The first-order chi connectivity index (χ1) is 6.82. The maximum Gasteiger partial charge on any atom is 0.251 e. The van der Waals surface area contributed by atoms with E-state index in [1.165, 1.54) is 0 Å². The minimum absolute atomic E-state index is 0.111. The number of nitrogens with two attached hydrogens (primary N) is 1. The molecule has 1 amide bonds. The van der Waals surface area contributed by atoms with Crippen LogP contribution in [0, 0.1) is 11.8 Å². The van der Waals surface area contributed by atoms with Gasteiger partial charge in [-0.25, -0.2) is 5.84 Å². The molecule has 0 fully saturated rings. The molecular formula is C11H25N3O. The van der Waals surface area contributed by atoms with Crippen LogP contribution in [-0.4, -0.2) is 29.9 Å². The fraction of sp³-hybridized carbons (Fsp3) is 0.909. The van der Waals surface area contributed by atoms with E-state index >= 15 is 0 Å². The van der Waals surface area contributed by atoms with Crippen molar-refractivity contribution < 1.29 is 4.79 Å². The summed E-state index contributed by atoms with van der Waals surface area (Å²) in [6.07, 6.45) is 0. The molecule has 0 aromatic carbocycles. The van der Waals surface area contributed by atoms with Gasteiger partial charge in [0.2, 0.25) is 0 Å². The van der Waals surface area contributed by atoms with E-state index in [0.717, 1.165) is 0 Å². The van der Waals surface area contributed by atoms with E-state index < -0.39 is 0 Å². The number of hydrazine groups is 1. The van der Waals surface area contributed by atoms with Gasteiger partial charge in [-0.2, -0.15) is 0 Å². The molecule has 0 aliphatic heterocycles. The Hall–Kier alpha value is -0.610. The zero-order valence-corrected chi connectivity index (χ0v) is 10.7. The number of likely N-dealkylation sites (N-methyl/N-ethyl adjacent to an activating group) is 1. The van der Waals surface area contributed by atoms with Crippen molar-refractivity contribution in [1.29, 1.82) is 0 Å². The maximum absolute atomic E-state index is 11.6.